The average molecular weight is 401 g/mol. The first-order chi connectivity index (χ1) is 13.2. The highest BCUT2D eigenvalue weighted by molar-refractivity contribution is 6.66. The van der Waals surface area contributed by atoms with Gasteiger partial charge in [-0.2, -0.15) is 0 Å². The molecule has 0 spiro atoms. The molecule has 0 radical (unpaired) electrons. The zero-order valence-corrected chi connectivity index (χ0v) is 20.5. The van der Waals surface area contributed by atoms with E-state index < -0.39 is 8.56 Å². The summed E-state index contributed by atoms with van der Waals surface area (Å²) in [5.41, 5.74) is 0. The van der Waals surface area contributed by atoms with Gasteiger partial charge >= 0.3 is 8.56 Å². The molecule has 0 saturated heterocycles. The summed E-state index contributed by atoms with van der Waals surface area (Å²) in [5.74, 6) is 0. The van der Waals surface area contributed by atoms with E-state index in [1.54, 1.807) is 0 Å². The SMILES string of the molecule is CCCCCCCCCCCCCCCCCCC[Si](C)(OCC)OCC. The van der Waals surface area contributed by atoms with Gasteiger partial charge in [0.2, 0.25) is 0 Å². The highest BCUT2D eigenvalue weighted by Gasteiger charge is 2.29. The zero-order chi connectivity index (χ0) is 20.1. The Balaban J connectivity index is 3.25. The molecule has 0 heterocycles. The van der Waals surface area contributed by atoms with Gasteiger partial charge in [-0.25, -0.2) is 0 Å². The number of hydrogen-bond acceptors (Lipinski definition) is 2. The molecule has 0 rings (SSSR count). The summed E-state index contributed by atoms with van der Waals surface area (Å²) < 4.78 is 11.8. The van der Waals surface area contributed by atoms with Crippen molar-refractivity contribution in [1.29, 1.82) is 0 Å². The molecule has 164 valence electrons. The van der Waals surface area contributed by atoms with Crippen LogP contribution in [0.15, 0.2) is 0 Å². The zero-order valence-electron chi connectivity index (χ0n) is 19.5. The van der Waals surface area contributed by atoms with Gasteiger partial charge in [-0.3, -0.25) is 0 Å². The normalized spacial score (nSPS) is 12.0. The molecular formula is C24H52O2Si. The fourth-order valence-corrected chi connectivity index (χ4v) is 6.45. The van der Waals surface area contributed by atoms with Crippen LogP contribution in [-0.2, 0) is 8.85 Å². The predicted molar refractivity (Wildman–Crippen MR) is 124 cm³/mol. The molecule has 0 aliphatic heterocycles. The van der Waals surface area contributed by atoms with Crippen molar-refractivity contribution in [2.45, 2.75) is 143 Å². The van der Waals surface area contributed by atoms with Crippen molar-refractivity contribution < 1.29 is 8.85 Å². The van der Waals surface area contributed by atoms with Crippen molar-refractivity contribution >= 4 is 8.56 Å². The number of rotatable bonds is 22. The van der Waals surface area contributed by atoms with Crippen LogP contribution in [-0.4, -0.2) is 21.8 Å². The third-order valence-electron chi connectivity index (χ3n) is 5.63. The molecule has 0 saturated carbocycles. The van der Waals surface area contributed by atoms with Gasteiger partial charge in [-0.05, 0) is 26.4 Å². The minimum atomic E-state index is -1.86. The van der Waals surface area contributed by atoms with Crippen LogP contribution in [0.5, 0.6) is 0 Å². The van der Waals surface area contributed by atoms with Crippen molar-refractivity contribution in [3.05, 3.63) is 0 Å². The van der Waals surface area contributed by atoms with Crippen LogP contribution < -0.4 is 0 Å². The molecule has 0 amide bonds. The summed E-state index contributed by atoms with van der Waals surface area (Å²) >= 11 is 0. The molecule has 0 aliphatic carbocycles. The Morgan fingerprint density at radius 1 is 0.444 bits per heavy atom. The maximum absolute atomic E-state index is 5.92. The first-order valence-corrected chi connectivity index (χ1v) is 15.0. The topological polar surface area (TPSA) is 18.5 Å². The molecule has 0 unspecified atom stereocenters. The van der Waals surface area contributed by atoms with Crippen LogP contribution in [0.4, 0.5) is 0 Å². The molecule has 0 aromatic carbocycles. The fourth-order valence-electron chi connectivity index (χ4n) is 3.97. The maximum atomic E-state index is 5.92. The van der Waals surface area contributed by atoms with Crippen molar-refractivity contribution in [2.24, 2.45) is 0 Å². The minimum Gasteiger partial charge on any atom is -0.395 e. The van der Waals surface area contributed by atoms with Gasteiger partial charge in [0, 0.05) is 13.2 Å². The molecule has 0 bridgehead atoms. The van der Waals surface area contributed by atoms with Crippen LogP contribution in [0, 0.1) is 0 Å². The molecule has 2 nitrogen and oxygen atoms in total. The minimum absolute atomic E-state index is 0.793. The van der Waals surface area contributed by atoms with E-state index in [-0.39, 0.29) is 0 Å². The van der Waals surface area contributed by atoms with Gasteiger partial charge in [0.05, 0.1) is 0 Å². The summed E-state index contributed by atoms with van der Waals surface area (Å²) in [7, 11) is -1.86. The van der Waals surface area contributed by atoms with E-state index in [0.717, 1.165) is 19.3 Å². The highest BCUT2D eigenvalue weighted by Crippen LogP contribution is 2.19. The first kappa shape index (κ1) is 27.1. The van der Waals surface area contributed by atoms with Gasteiger partial charge in [-0.1, -0.05) is 116 Å². The lowest BCUT2D eigenvalue weighted by Crippen LogP contribution is -2.38. The smallest absolute Gasteiger partial charge is 0.334 e. The second kappa shape index (κ2) is 20.9. The highest BCUT2D eigenvalue weighted by atomic mass is 28.4. The summed E-state index contributed by atoms with van der Waals surface area (Å²) in [5, 5.41) is 0. The van der Waals surface area contributed by atoms with Crippen LogP contribution in [0.25, 0.3) is 0 Å². The van der Waals surface area contributed by atoms with Gasteiger partial charge in [0.15, 0.2) is 0 Å². The summed E-state index contributed by atoms with van der Waals surface area (Å²) in [6.07, 6.45) is 24.3. The van der Waals surface area contributed by atoms with Crippen molar-refractivity contribution in [1.82, 2.24) is 0 Å². The Morgan fingerprint density at radius 3 is 1.04 bits per heavy atom. The number of hydrogen-bond donors (Lipinski definition) is 0. The van der Waals surface area contributed by atoms with E-state index in [1.807, 2.05) is 0 Å². The summed E-state index contributed by atoms with van der Waals surface area (Å²) in [4.78, 5) is 0. The molecule has 3 heteroatoms. The van der Waals surface area contributed by atoms with Gasteiger partial charge in [-0.15, -0.1) is 0 Å². The average Bonchev–Trinajstić information content (AvgIpc) is 2.64. The third-order valence-corrected chi connectivity index (χ3v) is 8.69. The monoisotopic (exact) mass is 400 g/mol. The lowest BCUT2D eigenvalue weighted by molar-refractivity contribution is 0.188. The second-order valence-electron chi connectivity index (χ2n) is 8.41. The van der Waals surface area contributed by atoms with Gasteiger partial charge in [0.1, 0.15) is 0 Å². The van der Waals surface area contributed by atoms with E-state index >= 15 is 0 Å². The molecule has 27 heavy (non-hydrogen) atoms. The van der Waals surface area contributed by atoms with E-state index in [0.29, 0.717) is 0 Å². The molecule has 0 aromatic rings. The molecule has 0 atom stereocenters. The Hall–Kier alpha value is 0.137. The third kappa shape index (κ3) is 19.2. The van der Waals surface area contributed by atoms with E-state index in [9.17, 15) is 0 Å². The van der Waals surface area contributed by atoms with Crippen LogP contribution >= 0.6 is 0 Å². The lowest BCUT2D eigenvalue weighted by atomic mass is 10.0. The van der Waals surface area contributed by atoms with E-state index in [2.05, 4.69) is 27.3 Å². The van der Waals surface area contributed by atoms with Crippen LogP contribution in [0.2, 0.25) is 12.6 Å². The van der Waals surface area contributed by atoms with Crippen molar-refractivity contribution in [3.63, 3.8) is 0 Å². The standard InChI is InChI=1S/C24H52O2Si/c1-5-8-9-10-11-12-13-14-15-16-17-18-19-20-21-22-23-24-27(4,25-6-2)26-7-3/h5-24H2,1-4H3. The Bertz CT molecular complexity index is 278. The molecule has 0 fully saturated rings. The summed E-state index contributed by atoms with van der Waals surface area (Å²) in [6.45, 7) is 10.3. The first-order valence-electron chi connectivity index (χ1n) is 12.5. The Morgan fingerprint density at radius 2 is 0.741 bits per heavy atom. The van der Waals surface area contributed by atoms with Crippen LogP contribution in [0.3, 0.4) is 0 Å². The fraction of sp³-hybridized carbons (Fsp3) is 1.00. The second-order valence-corrected chi connectivity index (χ2v) is 11.8. The van der Waals surface area contributed by atoms with E-state index in [1.165, 1.54) is 109 Å². The number of unbranched alkanes of at least 4 members (excludes halogenated alkanes) is 16. The molecular weight excluding hydrogens is 348 g/mol. The molecule has 0 N–H and O–H groups in total. The lowest BCUT2D eigenvalue weighted by Gasteiger charge is -2.25. The maximum Gasteiger partial charge on any atom is 0.334 e. The quantitative estimate of drug-likeness (QED) is 0.133. The van der Waals surface area contributed by atoms with E-state index in [4.69, 9.17) is 8.85 Å². The molecule has 0 aromatic heterocycles. The largest absolute Gasteiger partial charge is 0.395 e. The van der Waals surface area contributed by atoms with Crippen LogP contribution in [0.1, 0.15) is 130 Å². The summed E-state index contributed by atoms with van der Waals surface area (Å²) in [6, 6.07) is 1.16. The van der Waals surface area contributed by atoms with Gasteiger partial charge < -0.3 is 8.85 Å². The van der Waals surface area contributed by atoms with Crippen molar-refractivity contribution in [3.8, 4) is 0 Å². The Labute approximate surface area is 173 Å². The molecule has 0 aliphatic rings. The predicted octanol–water partition coefficient (Wildman–Crippen LogP) is 8.78. The Kier molecular flexibility index (Phi) is 21.0. The van der Waals surface area contributed by atoms with Gasteiger partial charge in [0.25, 0.3) is 0 Å². The van der Waals surface area contributed by atoms with Crippen molar-refractivity contribution in [2.75, 3.05) is 13.2 Å².